The first-order chi connectivity index (χ1) is 21.9. The molecule has 0 spiro atoms. The number of aryl methyl sites for hydroxylation is 2. The predicted molar refractivity (Wildman–Crippen MR) is 189 cm³/mol. The van der Waals surface area contributed by atoms with E-state index in [1.165, 1.54) is 108 Å². The molecule has 4 heteroatoms. The average Bonchev–Trinajstić information content (AvgIpc) is 3.61. The fourth-order valence-electron chi connectivity index (χ4n) is 11.0. The second-order valence-corrected chi connectivity index (χ2v) is 15.3. The zero-order valence-electron chi connectivity index (χ0n) is 26.2. The summed E-state index contributed by atoms with van der Waals surface area (Å²) in [4.78, 5) is 5.64. The monoisotopic (exact) mass is 577 g/mol. The highest BCUT2D eigenvalue weighted by atomic mass is 15.0. The van der Waals surface area contributed by atoms with E-state index in [4.69, 9.17) is 4.98 Å². The van der Waals surface area contributed by atoms with Gasteiger partial charge in [-0.25, -0.2) is 4.98 Å². The standard InChI is InChI=1S/C41H32BN3/c1-21-10-9-12-24-30(21)39-43-27-20-25-33(41(4)18-16-40(25,3)17-19-41)34-36(27)45(39)38-32(24)22(2)31-23-11-5-7-14-28(23)44-29-15-8-6-13-26(29)42(34)35(38)37(31)44/h5-15,20H,16-19H2,1-4H3. The van der Waals surface area contributed by atoms with Crippen LogP contribution in [0.5, 0.6) is 0 Å². The van der Waals surface area contributed by atoms with Gasteiger partial charge < -0.3 is 4.57 Å². The Labute approximate surface area is 261 Å². The minimum absolute atomic E-state index is 0.176. The lowest BCUT2D eigenvalue weighted by Crippen LogP contribution is -2.62. The van der Waals surface area contributed by atoms with Gasteiger partial charge in [-0.05, 0) is 113 Å². The maximum Gasteiger partial charge on any atom is 0.252 e. The highest BCUT2D eigenvalue weighted by Crippen LogP contribution is 2.57. The van der Waals surface area contributed by atoms with Crippen molar-refractivity contribution in [1.29, 1.82) is 0 Å². The van der Waals surface area contributed by atoms with Crippen LogP contribution in [0.1, 0.15) is 61.8 Å². The Kier molecular flexibility index (Phi) is 3.76. The van der Waals surface area contributed by atoms with Gasteiger partial charge in [0.05, 0.1) is 27.6 Å². The van der Waals surface area contributed by atoms with Crippen molar-refractivity contribution in [3.8, 4) is 5.69 Å². The molecule has 2 aliphatic heterocycles. The predicted octanol–water partition coefficient (Wildman–Crippen LogP) is 7.75. The van der Waals surface area contributed by atoms with Crippen LogP contribution in [0.4, 0.5) is 0 Å². The van der Waals surface area contributed by atoms with E-state index in [-0.39, 0.29) is 17.5 Å². The third kappa shape index (κ3) is 2.35. The van der Waals surface area contributed by atoms with E-state index in [2.05, 4.69) is 109 Å². The zero-order valence-corrected chi connectivity index (χ0v) is 26.2. The van der Waals surface area contributed by atoms with Crippen LogP contribution in [-0.4, -0.2) is 20.7 Å². The second kappa shape index (κ2) is 7.12. The highest BCUT2D eigenvalue weighted by Gasteiger charge is 2.52. The summed E-state index contributed by atoms with van der Waals surface area (Å²) in [6.45, 7) is 9.96. The second-order valence-electron chi connectivity index (χ2n) is 15.3. The van der Waals surface area contributed by atoms with Gasteiger partial charge >= 0.3 is 0 Å². The number of rotatable bonds is 0. The van der Waals surface area contributed by atoms with E-state index < -0.39 is 0 Å². The molecule has 45 heavy (non-hydrogen) atoms. The number of hydrogen-bond acceptors (Lipinski definition) is 1. The Morgan fingerprint density at radius 3 is 2.31 bits per heavy atom. The lowest BCUT2D eigenvalue weighted by Gasteiger charge is -2.53. The topological polar surface area (TPSA) is 22.2 Å². The Balaban J connectivity index is 1.49. The van der Waals surface area contributed by atoms with Crippen LogP contribution in [0.15, 0.2) is 72.8 Å². The molecule has 2 bridgehead atoms. The third-order valence-corrected chi connectivity index (χ3v) is 13.1. The van der Waals surface area contributed by atoms with Crippen molar-refractivity contribution in [2.75, 3.05) is 0 Å². The van der Waals surface area contributed by atoms with Crippen molar-refractivity contribution in [3.63, 3.8) is 0 Å². The van der Waals surface area contributed by atoms with E-state index in [1.54, 1.807) is 16.6 Å². The van der Waals surface area contributed by atoms with Crippen molar-refractivity contribution in [1.82, 2.24) is 14.0 Å². The number of hydrogen-bond donors (Lipinski definition) is 0. The fraction of sp³-hybridized carbons (Fsp3) is 0.244. The molecule has 5 aliphatic rings. The van der Waals surface area contributed by atoms with Crippen molar-refractivity contribution >= 4 is 83.3 Å². The maximum absolute atomic E-state index is 5.64. The van der Waals surface area contributed by atoms with Gasteiger partial charge in [-0.3, -0.25) is 4.40 Å². The molecule has 3 nitrogen and oxygen atoms in total. The summed E-state index contributed by atoms with van der Waals surface area (Å²) in [7, 11) is 0. The van der Waals surface area contributed by atoms with Crippen LogP contribution in [0, 0.1) is 13.8 Å². The summed E-state index contributed by atoms with van der Waals surface area (Å²) in [6, 6.07) is 27.8. The van der Waals surface area contributed by atoms with Gasteiger partial charge in [-0.1, -0.05) is 68.4 Å². The van der Waals surface area contributed by atoms with E-state index in [9.17, 15) is 0 Å². The molecular weight excluding hydrogens is 545 g/mol. The van der Waals surface area contributed by atoms with Crippen molar-refractivity contribution in [3.05, 3.63) is 95.1 Å². The first-order valence-corrected chi connectivity index (χ1v) is 16.8. The van der Waals surface area contributed by atoms with Crippen molar-refractivity contribution in [2.24, 2.45) is 0 Å². The number of nitrogens with zero attached hydrogens (tertiary/aromatic N) is 3. The van der Waals surface area contributed by atoms with Crippen LogP contribution in [0.25, 0.3) is 65.8 Å². The van der Waals surface area contributed by atoms with E-state index in [0.29, 0.717) is 0 Å². The van der Waals surface area contributed by atoms with E-state index >= 15 is 0 Å². The average molecular weight is 578 g/mol. The van der Waals surface area contributed by atoms with Crippen LogP contribution in [0.3, 0.4) is 0 Å². The van der Waals surface area contributed by atoms with E-state index in [0.717, 1.165) is 5.65 Å². The largest absolute Gasteiger partial charge is 0.310 e. The third-order valence-electron chi connectivity index (χ3n) is 13.1. The van der Waals surface area contributed by atoms with Gasteiger partial charge in [0.1, 0.15) is 5.65 Å². The van der Waals surface area contributed by atoms with Crippen molar-refractivity contribution in [2.45, 2.75) is 64.2 Å². The number of aromatic nitrogens is 3. The smallest absolute Gasteiger partial charge is 0.252 e. The summed E-state index contributed by atoms with van der Waals surface area (Å²) in [6.07, 6.45) is 5.09. The van der Waals surface area contributed by atoms with E-state index in [1.807, 2.05) is 0 Å². The Hall–Kier alpha value is -4.57. The summed E-state index contributed by atoms with van der Waals surface area (Å²) < 4.78 is 5.24. The SMILES string of the molecule is Cc1cccc2c1c1nc3cc4c(c5c3n1c1c3c6c(c(C)c21)c1ccccc1n6-c1ccccc1B53)C1(C)CCC4(C)CC1. The number of benzene rings is 5. The fourth-order valence-corrected chi connectivity index (χ4v) is 11.0. The molecule has 3 aromatic heterocycles. The summed E-state index contributed by atoms with van der Waals surface area (Å²) in [5.74, 6) is 0. The van der Waals surface area contributed by atoms with Gasteiger partial charge in [0.25, 0.3) is 6.71 Å². The summed E-state index contributed by atoms with van der Waals surface area (Å²) in [5, 5.41) is 6.82. The van der Waals surface area contributed by atoms with Gasteiger partial charge in [0.2, 0.25) is 0 Å². The molecular formula is C41H32BN3. The maximum atomic E-state index is 5.64. The molecule has 1 saturated carbocycles. The molecule has 0 radical (unpaired) electrons. The molecule has 3 aliphatic carbocycles. The first kappa shape index (κ1) is 23.8. The van der Waals surface area contributed by atoms with Gasteiger partial charge in [-0.2, -0.15) is 0 Å². The minimum atomic E-state index is 0.176. The highest BCUT2D eigenvalue weighted by molar-refractivity contribution is 7.01. The normalized spacial score (nSPS) is 22.4. The van der Waals surface area contributed by atoms with Gasteiger partial charge in [0, 0.05) is 27.2 Å². The van der Waals surface area contributed by atoms with Gasteiger partial charge in [0.15, 0.2) is 0 Å². The Bertz CT molecular complexity index is 2770. The lowest BCUT2D eigenvalue weighted by atomic mass is 9.31. The minimum Gasteiger partial charge on any atom is -0.310 e. The molecule has 0 saturated heterocycles. The quantitative estimate of drug-likeness (QED) is 0.133. The number of para-hydroxylation sites is 2. The lowest BCUT2D eigenvalue weighted by molar-refractivity contribution is 0.189. The van der Waals surface area contributed by atoms with Crippen molar-refractivity contribution < 1.29 is 0 Å². The molecule has 0 N–H and O–H groups in total. The zero-order chi connectivity index (χ0) is 29.7. The Morgan fingerprint density at radius 2 is 1.44 bits per heavy atom. The molecule has 8 aromatic rings. The molecule has 0 atom stereocenters. The number of imidazole rings is 1. The molecule has 0 unspecified atom stereocenters. The molecule has 5 aromatic carbocycles. The van der Waals surface area contributed by atoms with Crippen LogP contribution >= 0.6 is 0 Å². The molecule has 0 amide bonds. The van der Waals surface area contributed by atoms with Crippen LogP contribution < -0.4 is 16.4 Å². The van der Waals surface area contributed by atoms with Crippen LogP contribution in [0.2, 0.25) is 0 Å². The Morgan fingerprint density at radius 1 is 0.711 bits per heavy atom. The molecule has 1 fully saturated rings. The molecule has 214 valence electrons. The number of pyridine rings is 1. The van der Waals surface area contributed by atoms with Crippen LogP contribution in [-0.2, 0) is 10.8 Å². The molecule has 13 rings (SSSR count). The number of fused-ring (bicyclic) bond motifs is 12. The first-order valence-electron chi connectivity index (χ1n) is 16.8. The van der Waals surface area contributed by atoms with Gasteiger partial charge in [-0.15, -0.1) is 0 Å². The summed E-state index contributed by atoms with van der Waals surface area (Å²) in [5.41, 5.74) is 19.9. The molecule has 5 heterocycles. The summed E-state index contributed by atoms with van der Waals surface area (Å²) >= 11 is 0.